The first-order valence-corrected chi connectivity index (χ1v) is 13.8. The number of fused-ring (bicyclic) bond motifs is 1. The monoisotopic (exact) mass is 553 g/mol. The Bertz CT molecular complexity index is 1280. The molecule has 1 saturated heterocycles. The van der Waals surface area contributed by atoms with Crippen LogP contribution in [0.1, 0.15) is 6.42 Å². The normalized spacial score (nSPS) is 15.9. The summed E-state index contributed by atoms with van der Waals surface area (Å²) in [4.78, 5) is 27.3. The maximum atomic E-state index is 13.9. The molecular weight excluding hydrogens is 525 g/mol. The van der Waals surface area contributed by atoms with Crippen molar-refractivity contribution in [3.63, 3.8) is 0 Å². The van der Waals surface area contributed by atoms with Crippen LogP contribution < -0.4 is 15.0 Å². The van der Waals surface area contributed by atoms with Crippen LogP contribution in [0.2, 0.25) is 10.0 Å². The highest BCUT2D eigenvalue weighted by Crippen LogP contribution is 2.45. The fourth-order valence-electron chi connectivity index (χ4n) is 4.31. The van der Waals surface area contributed by atoms with Crippen LogP contribution in [0.5, 0.6) is 11.5 Å². The molecule has 4 rings (SSSR count). The van der Waals surface area contributed by atoms with Crippen LogP contribution in [-0.4, -0.2) is 89.1 Å². The lowest BCUT2D eigenvalue weighted by Gasteiger charge is -2.32. The predicted octanol–water partition coefficient (Wildman–Crippen LogP) is 3.16. The zero-order valence-electron chi connectivity index (χ0n) is 20.7. The second-order valence-electron chi connectivity index (χ2n) is 8.68. The second-order valence-corrected chi connectivity index (χ2v) is 10.7. The Morgan fingerprint density at radius 3 is 2.28 bits per heavy atom. The number of ether oxygens (including phenoxy) is 2. The average molecular weight is 555 g/mol. The van der Waals surface area contributed by atoms with E-state index < -0.39 is 11.2 Å². The third kappa shape index (κ3) is 5.44. The molecule has 0 bridgehead atoms. The fraction of sp³-hybridized carbons (Fsp3) is 0.458. The first-order valence-electron chi connectivity index (χ1n) is 11.5. The van der Waals surface area contributed by atoms with Crippen molar-refractivity contribution in [1.29, 1.82) is 0 Å². The fourth-order valence-corrected chi connectivity index (χ4v) is 5.43. The van der Waals surface area contributed by atoms with Crippen LogP contribution in [0.15, 0.2) is 28.3 Å². The van der Waals surface area contributed by atoms with Crippen molar-refractivity contribution in [3.05, 3.63) is 38.7 Å². The first-order chi connectivity index (χ1) is 17.2. The Kier molecular flexibility index (Phi) is 8.64. The van der Waals surface area contributed by atoms with Gasteiger partial charge in [0.15, 0.2) is 5.65 Å². The van der Waals surface area contributed by atoms with Crippen molar-refractivity contribution in [2.24, 2.45) is 0 Å². The van der Waals surface area contributed by atoms with Gasteiger partial charge >= 0.3 is 5.16 Å². The molecule has 1 unspecified atom stereocenters. The highest BCUT2D eigenvalue weighted by atomic mass is 35.5. The van der Waals surface area contributed by atoms with E-state index >= 15 is 0 Å². The molecule has 1 aromatic carbocycles. The van der Waals surface area contributed by atoms with Crippen molar-refractivity contribution in [1.82, 2.24) is 24.3 Å². The van der Waals surface area contributed by atoms with Crippen molar-refractivity contribution in [2.45, 2.75) is 18.1 Å². The number of piperazine rings is 1. The van der Waals surface area contributed by atoms with Crippen molar-refractivity contribution >= 4 is 45.4 Å². The lowest BCUT2D eigenvalue weighted by molar-refractivity contribution is 0.151. The average Bonchev–Trinajstić information content (AvgIpc) is 2.87. The number of halogens is 2. The molecule has 0 aliphatic carbocycles. The molecule has 1 atom stereocenters. The smallest absolute Gasteiger partial charge is 0.344 e. The van der Waals surface area contributed by atoms with Gasteiger partial charge in [-0.2, -0.15) is 9.97 Å². The van der Waals surface area contributed by atoms with E-state index in [9.17, 15) is 9.35 Å². The topological polar surface area (TPSA) is 95.8 Å². The molecule has 2 aromatic heterocycles. The summed E-state index contributed by atoms with van der Waals surface area (Å²) in [5, 5.41) is 1.18. The van der Waals surface area contributed by atoms with Gasteiger partial charge in [0.25, 0.3) is 5.56 Å². The molecule has 1 aliphatic rings. The van der Waals surface area contributed by atoms with E-state index in [2.05, 4.69) is 26.8 Å². The van der Waals surface area contributed by atoms with Gasteiger partial charge < -0.3 is 23.8 Å². The lowest BCUT2D eigenvalue weighted by Crippen LogP contribution is -2.44. The number of aryl methyl sites for hydroxylation is 1. The maximum Gasteiger partial charge on any atom is 0.344 e. The van der Waals surface area contributed by atoms with Crippen LogP contribution in [-0.2, 0) is 17.7 Å². The van der Waals surface area contributed by atoms with E-state index in [-0.39, 0.29) is 26.3 Å². The molecule has 0 spiro atoms. The molecule has 3 heterocycles. The summed E-state index contributed by atoms with van der Waals surface area (Å²) in [7, 11) is 5.08. The highest BCUT2D eigenvalue weighted by Gasteiger charge is 2.24. The number of pyridine rings is 1. The Morgan fingerprint density at radius 1 is 1.06 bits per heavy atom. The summed E-state index contributed by atoms with van der Waals surface area (Å²) >= 11 is 11.9. The number of rotatable bonds is 8. The molecule has 12 heteroatoms. The number of hydrogen-bond acceptors (Lipinski definition) is 8. The Labute approximate surface area is 223 Å². The third-order valence-electron chi connectivity index (χ3n) is 6.36. The largest absolute Gasteiger partial charge is 0.609 e. The van der Waals surface area contributed by atoms with Gasteiger partial charge in [-0.15, -0.1) is 0 Å². The molecule has 1 fully saturated rings. The standard InChI is InChI=1S/C24H29Cl2N5O4S/c1-29-8-10-30(11-9-29)6-5-7-31-22-15(14-27-24(28-22)36(4)33)12-16(23(31)32)19-20(25)17(34-2)13-18(35-3)21(19)26/h12-14H,5-11H2,1-4H3. The minimum Gasteiger partial charge on any atom is -0.609 e. The van der Waals surface area contributed by atoms with Gasteiger partial charge in [0.2, 0.25) is 0 Å². The number of likely N-dealkylation sites (N-methyl/N-ethyl adjacent to an activating group) is 1. The van der Waals surface area contributed by atoms with E-state index in [1.54, 1.807) is 22.9 Å². The molecule has 0 saturated carbocycles. The summed E-state index contributed by atoms with van der Waals surface area (Å²) in [6.07, 6.45) is 3.81. The molecule has 0 amide bonds. The molecule has 9 nitrogen and oxygen atoms in total. The zero-order valence-corrected chi connectivity index (χ0v) is 23.0. The Balaban J connectivity index is 1.82. The van der Waals surface area contributed by atoms with Gasteiger partial charge in [0.1, 0.15) is 17.8 Å². The van der Waals surface area contributed by atoms with Crippen LogP contribution in [0.4, 0.5) is 0 Å². The molecule has 194 valence electrons. The number of benzene rings is 1. The second kappa shape index (κ2) is 11.5. The Hall–Kier alpha value is -2.08. The summed E-state index contributed by atoms with van der Waals surface area (Å²) < 4.78 is 24.5. The van der Waals surface area contributed by atoms with Crippen LogP contribution in [0.25, 0.3) is 22.2 Å². The number of aromatic nitrogens is 3. The van der Waals surface area contributed by atoms with Crippen molar-refractivity contribution in [2.75, 3.05) is 60.2 Å². The van der Waals surface area contributed by atoms with Crippen LogP contribution in [0.3, 0.4) is 0 Å². The van der Waals surface area contributed by atoms with E-state index in [1.165, 1.54) is 20.5 Å². The molecular formula is C24H29Cl2N5O4S. The van der Waals surface area contributed by atoms with E-state index in [0.717, 1.165) is 39.1 Å². The molecule has 3 aromatic rings. The first kappa shape index (κ1) is 27.0. The molecule has 0 radical (unpaired) electrons. The van der Waals surface area contributed by atoms with Crippen molar-refractivity contribution in [3.8, 4) is 22.6 Å². The lowest BCUT2D eigenvalue weighted by atomic mass is 10.0. The number of hydrogen-bond donors (Lipinski definition) is 0. The van der Waals surface area contributed by atoms with E-state index in [0.29, 0.717) is 34.6 Å². The molecule has 0 N–H and O–H groups in total. The van der Waals surface area contributed by atoms with Gasteiger partial charge in [0.05, 0.1) is 29.8 Å². The zero-order chi connectivity index (χ0) is 26.0. The Morgan fingerprint density at radius 2 is 1.69 bits per heavy atom. The minimum absolute atomic E-state index is 0.168. The summed E-state index contributed by atoms with van der Waals surface area (Å²) in [6.45, 7) is 5.28. The van der Waals surface area contributed by atoms with Gasteiger partial charge in [-0.3, -0.25) is 9.36 Å². The SMILES string of the molecule is COc1cc(OC)c(Cl)c(-c2cc3cnc([S+](C)[O-])nc3n(CCCN3CCN(C)CC3)c2=O)c1Cl. The summed E-state index contributed by atoms with van der Waals surface area (Å²) in [6, 6.07) is 3.23. The maximum absolute atomic E-state index is 13.9. The number of methoxy groups -OCH3 is 2. The van der Waals surface area contributed by atoms with Gasteiger partial charge in [-0.1, -0.05) is 23.2 Å². The van der Waals surface area contributed by atoms with E-state index in [4.69, 9.17) is 32.7 Å². The molecule has 36 heavy (non-hydrogen) atoms. The summed E-state index contributed by atoms with van der Waals surface area (Å²) in [5.41, 5.74) is 0.705. The van der Waals surface area contributed by atoms with Gasteiger partial charge in [0, 0.05) is 67.1 Å². The summed E-state index contributed by atoms with van der Waals surface area (Å²) in [5.74, 6) is 0.670. The van der Waals surface area contributed by atoms with Gasteiger partial charge in [-0.05, 0) is 26.1 Å². The number of nitrogens with zero attached hydrogens (tertiary/aromatic N) is 5. The van der Waals surface area contributed by atoms with Gasteiger partial charge in [-0.25, -0.2) is 0 Å². The van der Waals surface area contributed by atoms with Crippen molar-refractivity contribution < 1.29 is 14.0 Å². The van der Waals surface area contributed by atoms with Crippen LogP contribution in [0, 0.1) is 0 Å². The predicted molar refractivity (Wildman–Crippen MR) is 143 cm³/mol. The quantitative estimate of drug-likeness (QED) is 0.310. The van der Waals surface area contributed by atoms with Crippen LogP contribution >= 0.6 is 23.2 Å². The highest BCUT2D eigenvalue weighted by molar-refractivity contribution is 7.90. The molecule has 1 aliphatic heterocycles. The minimum atomic E-state index is -1.40. The van der Waals surface area contributed by atoms with E-state index in [1.807, 2.05) is 0 Å². The third-order valence-corrected chi connectivity index (χ3v) is 7.82.